The molecule has 0 bridgehead atoms. The molecule has 1 spiro atoms. The van der Waals surface area contributed by atoms with Crippen LogP contribution in [0.2, 0.25) is 0 Å². The topological polar surface area (TPSA) is 80.1 Å². The number of imidazole rings is 1. The highest BCUT2D eigenvalue weighted by Gasteiger charge is 2.46. The highest BCUT2D eigenvalue weighted by Crippen LogP contribution is 2.43. The molecule has 0 aromatic carbocycles. The minimum atomic E-state index is -0.0494. The maximum Gasteiger partial charge on any atom is 0.229 e. The first kappa shape index (κ1) is 13.7. The van der Waals surface area contributed by atoms with Crippen molar-refractivity contribution in [3.8, 4) is 0 Å². The van der Waals surface area contributed by atoms with Crippen molar-refractivity contribution in [1.29, 1.82) is 0 Å². The van der Waals surface area contributed by atoms with E-state index in [0.29, 0.717) is 5.92 Å². The molecule has 2 aliphatic heterocycles. The molecule has 122 valence electrons. The number of rotatable bonds is 3. The molecule has 0 atom stereocenters. The van der Waals surface area contributed by atoms with E-state index in [4.69, 9.17) is 9.26 Å². The summed E-state index contributed by atoms with van der Waals surface area (Å²) in [5, 5.41) is 4.21. The molecule has 5 rings (SSSR count). The predicted molar refractivity (Wildman–Crippen MR) is 80.7 cm³/mol. The van der Waals surface area contributed by atoms with Crippen molar-refractivity contribution in [3.63, 3.8) is 0 Å². The smallest absolute Gasteiger partial charge is 0.229 e. The van der Waals surface area contributed by atoms with Gasteiger partial charge < -0.3 is 14.2 Å². The Labute approximate surface area is 134 Å². The fourth-order valence-corrected chi connectivity index (χ4v) is 4.01. The van der Waals surface area contributed by atoms with E-state index >= 15 is 0 Å². The summed E-state index contributed by atoms with van der Waals surface area (Å²) in [5.74, 6) is 2.13. The van der Waals surface area contributed by atoms with Crippen molar-refractivity contribution in [2.24, 2.45) is 0 Å². The van der Waals surface area contributed by atoms with E-state index < -0.39 is 0 Å². The molecule has 1 aliphatic carbocycles. The molecule has 1 N–H and O–H groups in total. The Kier molecular flexibility index (Phi) is 3.06. The molecule has 2 aromatic heterocycles. The molecular formula is C16H21N5O2. The Morgan fingerprint density at radius 1 is 1.30 bits per heavy atom. The highest BCUT2D eigenvalue weighted by molar-refractivity contribution is 5.26. The predicted octanol–water partition coefficient (Wildman–Crippen LogP) is 1.73. The molecule has 1 saturated carbocycles. The molecule has 7 heteroatoms. The minimum Gasteiger partial charge on any atom is -0.381 e. The number of fused-ring (bicyclic) bond motifs is 2. The molecule has 2 aromatic rings. The second-order valence-electron chi connectivity index (χ2n) is 6.87. The van der Waals surface area contributed by atoms with Crippen molar-refractivity contribution in [2.75, 3.05) is 19.8 Å². The number of hydrogen-bond donors (Lipinski definition) is 1. The van der Waals surface area contributed by atoms with Crippen LogP contribution in [0, 0.1) is 0 Å². The Bertz CT molecular complexity index is 699. The van der Waals surface area contributed by atoms with Crippen LogP contribution in [0.5, 0.6) is 0 Å². The largest absolute Gasteiger partial charge is 0.381 e. The van der Waals surface area contributed by atoms with Gasteiger partial charge in [0.05, 0.1) is 24.1 Å². The fourth-order valence-electron chi connectivity index (χ4n) is 4.01. The van der Waals surface area contributed by atoms with Crippen LogP contribution in [-0.2, 0) is 23.2 Å². The van der Waals surface area contributed by atoms with Crippen LogP contribution in [0.1, 0.15) is 54.7 Å². The zero-order valence-electron chi connectivity index (χ0n) is 13.1. The Morgan fingerprint density at radius 2 is 2.17 bits per heavy atom. The zero-order valence-corrected chi connectivity index (χ0v) is 13.1. The quantitative estimate of drug-likeness (QED) is 0.929. The average Bonchev–Trinajstić information content (AvgIpc) is 3.13. The fraction of sp³-hybridized carbons (Fsp3) is 0.688. The van der Waals surface area contributed by atoms with Crippen LogP contribution < -0.4 is 0 Å². The van der Waals surface area contributed by atoms with Crippen LogP contribution >= 0.6 is 0 Å². The number of hydrogen-bond acceptors (Lipinski definition) is 6. The molecule has 3 aliphatic rings. The lowest BCUT2D eigenvalue weighted by Crippen LogP contribution is -2.53. The van der Waals surface area contributed by atoms with Gasteiger partial charge in [-0.05, 0) is 25.7 Å². The van der Waals surface area contributed by atoms with Gasteiger partial charge in [-0.15, -0.1) is 0 Å². The summed E-state index contributed by atoms with van der Waals surface area (Å²) in [7, 11) is 0. The maximum absolute atomic E-state index is 5.62. The van der Waals surface area contributed by atoms with E-state index in [1.54, 1.807) is 0 Å². The van der Waals surface area contributed by atoms with Gasteiger partial charge in [-0.3, -0.25) is 4.90 Å². The molecule has 7 nitrogen and oxygen atoms in total. The van der Waals surface area contributed by atoms with E-state index in [9.17, 15) is 0 Å². The summed E-state index contributed by atoms with van der Waals surface area (Å²) in [6.07, 6.45) is 7.12. The van der Waals surface area contributed by atoms with Gasteiger partial charge in [0.1, 0.15) is 0 Å². The van der Waals surface area contributed by atoms with Gasteiger partial charge in [-0.25, -0.2) is 4.98 Å². The first-order valence-corrected chi connectivity index (χ1v) is 8.53. The molecule has 0 unspecified atom stereocenters. The van der Waals surface area contributed by atoms with E-state index in [2.05, 4.69) is 25.0 Å². The Hall–Kier alpha value is -1.73. The number of aromatic amines is 1. The standard InChI is InChI=1S/C16H21N5O2/c1-2-11(1)15-19-13(20-23-15)9-21-6-3-12-14(18-10-17-12)16(21)4-7-22-8-5-16/h10-11H,1-9H2,(H,17,18). The van der Waals surface area contributed by atoms with E-state index in [1.165, 1.54) is 24.2 Å². The Balaban J connectivity index is 1.45. The second kappa shape index (κ2) is 5.14. The lowest BCUT2D eigenvalue weighted by atomic mass is 9.80. The zero-order chi connectivity index (χ0) is 15.3. The summed E-state index contributed by atoms with van der Waals surface area (Å²) < 4.78 is 11.0. The Morgan fingerprint density at radius 3 is 3.00 bits per heavy atom. The number of nitrogens with one attached hydrogen (secondary N) is 1. The van der Waals surface area contributed by atoms with Crippen molar-refractivity contribution in [2.45, 2.75) is 50.1 Å². The third-order valence-electron chi connectivity index (χ3n) is 5.46. The highest BCUT2D eigenvalue weighted by atomic mass is 16.5. The first-order valence-electron chi connectivity index (χ1n) is 8.53. The van der Waals surface area contributed by atoms with Gasteiger partial charge in [0, 0.05) is 37.8 Å². The monoisotopic (exact) mass is 315 g/mol. The van der Waals surface area contributed by atoms with Gasteiger partial charge in [-0.2, -0.15) is 4.98 Å². The third-order valence-corrected chi connectivity index (χ3v) is 5.46. The van der Waals surface area contributed by atoms with Gasteiger partial charge in [0.2, 0.25) is 5.89 Å². The molecule has 23 heavy (non-hydrogen) atoms. The van der Waals surface area contributed by atoms with Gasteiger partial charge in [0.15, 0.2) is 5.82 Å². The summed E-state index contributed by atoms with van der Waals surface area (Å²) in [4.78, 5) is 15.1. The summed E-state index contributed by atoms with van der Waals surface area (Å²) >= 11 is 0. The second-order valence-corrected chi connectivity index (χ2v) is 6.87. The van der Waals surface area contributed by atoms with Crippen molar-refractivity contribution >= 4 is 0 Å². The molecule has 0 radical (unpaired) electrons. The van der Waals surface area contributed by atoms with Gasteiger partial charge in [-0.1, -0.05) is 5.16 Å². The SMILES string of the molecule is c1nc2c([nH]1)CCN(Cc1noc(C3CC3)n1)C21CCOCC1. The van der Waals surface area contributed by atoms with Crippen LogP contribution in [0.4, 0.5) is 0 Å². The third kappa shape index (κ3) is 2.21. The molecule has 1 saturated heterocycles. The molecule has 2 fully saturated rings. The molecular weight excluding hydrogens is 294 g/mol. The number of aromatic nitrogens is 4. The average molecular weight is 315 g/mol. The van der Waals surface area contributed by atoms with Gasteiger partial charge >= 0.3 is 0 Å². The van der Waals surface area contributed by atoms with Crippen LogP contribution in [-0.4, -0.2) is 44.8 Å². The normalized spacial score (nSPS) is 24.0. The summed E-state index contributed by atoms with van der Waals surface area (Å²) in [5.41, 5.74) is 2.42. The molecule has 0 amide bonds. The number of ether oxygens (including phenoxy) is 1. The lowest BCUT2D eigenvalue weighted by Gasteiger charge is -2.47. The van der Waals surface area contributed by atoms with Crippen molar-refractivity contribution in [3.05, 3.63) is 29.4 Å². The lowest BCUT2D eigenvalue weighted by molar-refractivity contribution is -0.0462. The van der Waals surface area contributed by atoms with Crippen molar-refractivity contribution < 1.29 is 9.26 Å². The minimum absolute atomic E-state index is 0.0494. The van der Waals surface area contributed by atoms with Crippen molar-refractivity contribution in [1.82, 2.24) is 25.0 Å². The maximum atomic E-state index is 5.62. The van der Waals surface area contributed by atoms with Crippen LogP contribution in [0.15, 0.2) is 10.9 Å². The summed E-state index contributed by atoms with van der Waals surface area (Å²) in [6.45, 7) is 3.27. The number of H-pyrrole nitrogens is 1. The van der Waals surface area contributed by atoms with E-state index in [0.717, 1.165) is 57.3 Å². The summed E-state index contributed by atoms with van der Waals surface area (Å²) in [6, 6.07) is 0. The van der Waals surface area contributed by atoms with Crippen LogP contribution in [0.25, 0.3) is 0 Å². The van der Waals surface area contributed by atoms with E-state index in [1.807, 2.05) is 6.33 Å². The first-order chi connectivity index (χ1) is 11.4. The van der Waals surface area contributed by atoms with Crippen LogP contribution in [0.3, 0.4) is 0 Å². The molecule has 4 heterocycles. The van der Waals surface area contributed by atoms with E-state index in [-0.39, 0.29) is 5.54 Å². The van der Waals surface area contributed by atoms with Gasteiger partial charge in [0.25, 0.3) is 0 Å². The number of nitrogens with zero attached hydrogens (tertiary/aromatic N) is 4.